The van der Waals surface area contributed by atoms with Gasteiger partial charge in [-0.15, -0.1) is 0 Å². The molecule has 0 rings (SSSR count). The Bertz CT molecular complexity index is 228. The van der Waals surface area contributed by atoms with Crippen LogP contribution in [0, 0.1) is 0 Å². The van der Waals surface area contributed by atoms with Crippen LogP contribution >= 0.6 is 0 Å². The SMILES string of the molecule is CCCCC(=COC=C(CCCC)CCCC)CCCC. The van der Waals surface area contributed by atoms with Gasteiger partial charge in [0.25, 0.3) is 0 Å². The molecular weight excluding hydrogens is 256 g/mol. The fourth-order valence-corrected chi connectivity index (χ4v) is 2.33. The second kappa shape index (κ2) is 15.7. The summed E-state index contributed by atoms with van der Waals surface area (Å²) in [5, 5.41) is 0. The van der Waals surface area contributed by atoms with E-state index in [1.165, 1.54) is 88.2 Å². The van der Waals surface area contributed by atoms with Gasteiger partial charge in [-0.1, -0.05) is 53.4 Å². The van der Waals surface area contributed by atoms with Crippen LogP contribution in [-0.2, 0) is 4.74 Å². The van der Waals surface area contributed by atoms with Gasteiger partial charge in [0.15, 0.2) is 0 Å². The van der Waals surface area contributed by atoms with E-state index in [0.717, 1.165) is 0 Å². The minimum atomic E-state index is 1.20. The number of hydrogen-bond donors (Lipinski definition) is 0. The molecule has 0 aromatic heterocycles. The normalized spacial score (nSPS) is 10.3. The Kier molecular flexibility index (Phi) is 15.1. The Morgan fingerprint density at radius 2 is 0.857 bits per heavy atom. The molecule has 0 fully saturated rings. The molecule has 0 spiro atoms. The topological polar surface area (TPSA) is 9.23 Å². The van der Waals surface area contributed by atoms with Crippen LogP contribution in [-0.4, -0.2) is 0 Å². The molecule has 0 heterocycles. The van der Waals surface area contributed by atoms with E-state index >= 15 is 0 Å². The van der Waals surface area contributed by atoms with Gasteiger partial charge in [0.1, 0.15) is 0 Å². The Hall–Kier alpha value is -0.720. The van der Waals surface area contributed by atoms with E-state index in [0.29, 0.717) is 0 Å². The standard InChI is InChI=1S/C20H38O/c1-5-9-13-19(14-10-6-2)17-21-18-20(15-11-7-3)16-12-8-4/h17-18H,5-16H2,1-4H3. The highest BCUT2D eigenvalue weighted by Crippen LogP contribution is 2.18. The van der Waals surface area contributed by atoms with Gasteiger partial charge in [-0.3, -0.25) is 0 Å². The van der Waals surface area contributed by atoms with Gasteiger partial charge in [0, 0.05) is 0 Å². The predicted octanol–water partition coefficient (Wildman–Crippen LogP) is 7.53. The summed E-state index contributed by atoms with van der Waals surface area (Å²) in [6, 6.07) is 0. The van der Waals surface area contributed by atoms with Crippen molar-refractivity contribution in [3.8, 4) is 0 Å². The van der Waals surface area contributed by atoms with Gasteiger partial charge in [0.05, 0.1) is 12.5 Å². The van der Waals surface area contributed by atoms with Gasteiger partial charge in [0.2, 0.25) is 0 Å². The van der Waals surface area contributed by atoms with Crippen molar-refractivity contribution in [3.63, 3.8) is 0 Å². The Morgan fingerprint density at radius 1 is 0.571 bits per heavy atom. The first-order valence-corrected chi connectivity index (χ1v) is 9.29. The quantitative estimate of drug-likeness (QED) is 0.301. The summed E-state index contributed by atoms with van der Waals surface area (Å²) in [4.78, 5) is 0. The van der Waals surface area contributed by atoms with E-state index < -0.39 is 0 Å². The van der Waals surface area contributed by atoms with Crippen molar-refractivity contribution in [2.24, 2.45) is 0 Å². The minimum Gasteiger partial charge on any atom is -0.473 e. The third-order valence-corrected chi connectivity index (χ3v) is 3.88. The lowest BCUT2D eigenvalue weighted by Crippen LogP contribution is -1.89. The summed E-state index contributed by atoms with van der Waals surface area (Å²) < 4.78 is 5.82. The monoisotopic (exact) mass is 294 g/mol. The van der Waals surface area contributed by atoms with Gasteiger partial charge in [-0.25, -0.2) is 0 Å². The Morgan fingerprint density at radius 3 is 1.10 bits per heavy atom. The molecule has 0 bridgehead atoms. The van der Waals surface area contributed by atoms with Crippen molar-refractivity contribution < 1.29 is 4.74 Å². The first-order valence-electron chi connectivity index (χ1n) is 9.29. The lowest BCUT2D eigenvalue weighted by atomic mass is 10.0. The van der Waals surface area contributed by atoms with Crippen LogP contribution in [0.2, 0.25) is 0 Å². The molecule has 0 aromatic rings. The molecule has 0 aliphatic rings. The maximum absolute atomic E-state index is 5.82. The maximum atomic E-state index is 5.82. The van der Waals surface area contributed by atoms with Crippen LogP contribution < -0.4 is 0 Å². The molecule has 0 atom stereocenters. The van der Waals surface area contributed by atoms with Crippen molar-refractivity contribution >= 4 is 0 Å². The van der Waals surface area contributed by atoms with E-state index in [1.54, 1.807) is 0 Å². The largest absolute Gasteiger partial charge is 0.473 e. The van der Waals surface area contributed by atoms with Crippen molar-refractivity contribution in [1.29, 1.82) is 0 Å². The molecule has 21 heavy (non-hydrogen) atoms. The van der Waals surface area contributed by atoms with Gasteiger partial charge < -0.3 is 4.74 Å². The van der Waals surface area contributed by atoms with Crippen LogP contribution in [0.4, 0.5) is 0 Å². The fraction of sp³-hybridized carbons (Fsp3) is 0.800. The predicted molar refractivity (Wildman–Crippen MR) is 95.4 cm³/mol. The van der Waals surface area contributed by atoms with Crippen LogP contribution in [0.15, 0.2) is 23.7 Å². The van der Waals surface area contributed by atoms with Gasteiger partial charge >= 0.3 is 0 Å². The van der Waals surface area contributed by atoms with Crippen LogP contribution in [0.5, 0.6) is 0 Å². The summed E-state index contributed by atoms with van der Waals surface area (Å²) in [5.41, 5.74) is 2.97. The van der Waals surface area contributed by atoms with E-state index in [2.05, 4.69) is 27.7 Å². The summed E-state index contributed by atoms with van der Waals surface area (Å²) in [6.45, 7) is 9.02. The lowest BCUT2D eigenvalue weighted by Gasteiger charge is -2.08. The summed E-state index contributed by atoms with van der Waals surface area (Å²) in [5.74, 6) is 0. The van der Waals surface area contributed by atoms with Gasteiger partial charge in [-0.2, -0.15) is 0 Å². The molecule has 0 amide bonds. The first-order chi connectivity index (χ1) is 10.3. The number of rotatable bonds is 14. The zero-order valence-corrected chi connectivity index (χ0v) is 15.0. The third-order valence-electron chi connectivity index (χ3n) is 3.88. The van der Waals surface area contributed by atoms with Gasteiger partial charge in [-0.05, 0) is 62.5 Å². The van der Waals surface area contributed by atoms with E-state index in [-0.39, 0.29) is 0 Å². The molecule has 0 aliphatic heterocycles. The Balaban J connectivity index is 4.42. The third kappa shape index (κ3) is 12.7. The highest BCUT2D eigenvalue weighted by molar-refractivity contribution is 5.02. The molecule has 0 aromatic carbocycles. The maximum Gasteiger partial charge on any atom is 0.0893 e. The lowest BCUT2D eigenvalue weighted by molar-refractivity contribution is 0.383. The average molecular weight is 295 g/mol. The highest BCUT2D eigenvalue weighted by atomic mass is 16.5. The van der Waals surface area contributed by atoms with Crippen molar-refractivity contribution in [2.45, 2.75) is 105 Å². The molecule has 0 aliphatic carbocycles. The highest BCUT2D eigenvalue weighted by Gasteiger charge is 2.00. The molecule has 0 N–H and O–H groups in total. The number of hydrogen-bond acceptors (Lipinski definition) is 1. The summed E-state index contributed by atoms with van der Waals surface area (Å²) in [6.07, 6.45) is 19.0. The van der Waals surface area contributed by atoms with Crippen molar-refractivity contribution in [2.75, 3.05) is 0 Å². The average Bonchev–Trinajstić information content (AvgIpc) is 2.51. The molecule has 124 valence electrons. The van der Waals surface area contributed by atoms with E-state index in [9.17, 15) is 0 Å². The van der Waals surface area contributed by atoms with Crippen LogP contribution in [0.1, 0.15) is 105 Å². The molecule has 0 saturated carbocycles. The van der Waals surface area contributed by atoms with Crippen LogP contribution in [0.25, 0.3) is 0 Å². The number of allylic oxidation sites excluding steroid dienone is 2. The zero-order valence-electron chi connectivity index (χ0n) is 15.0. The smallest absolute Gasteiger partial charge is 0.0893 e. The molecule has 0 unspecified atom stereocenters. The van der Waals surface area contributed by atoms with E-state index in [1.807, 2.05) is 12.5 Å². The first kappa shape index (κ1) is 20.3. The summed E-state index contributed by atoms with van der Waals surface area (Å²) in [7, 11) is 0. The fourth-order valence-electron chi connectivity index (χ4n) is 2.33. The number of ether oxygens (including phenoxy) is 1. The second-order valence-electron chi connectivity index (χ2n) is 6.10. The second-order valence-corrected chi connectivity index (χ2v) is 6.10. The molecule has 1 heteroatoms. The van der Waals surface area contributed by atoms with E-state index in [4.69, 9.17) is 4.74 Å². The zero-order chi connectivity index (χ0) is 15.8. The summed E-state index contributed by atoms with van der Waals surface area (Å²) >= 11 is 0. The molecule has 0 radical (unpaired) electrons. The minimum absolute atomic E-state index is 1.20. The molecular formula is C20H38O. The Labute approximate surface area is 133 Å². The number of unbranched alkanes of at least 4 members (excludes halogenated alkanes) is 4. The molecule has 1 nitrogen and oxygen atoms in total. The van der Waals surface area contributed by atoms with Crippen molar-refractivity contribution in [1.82, 2.24) is 0 Å². The molecule has 0 saturated heterocycles. The van der Waals surface area contributed by atoms with Crippen LogP contribution in [0.3, 0.4) is 0 Å². The van der Waals surface area contributed by atoms with Crippen molar-refractivity contribution in [3.05, 3.63) is 23.7 Å².